The van der Waals surface area contributed by atoms with Crippen LogP contribution in [0.3, 0.4) is 0 Å². The third kappa shape index (κ3) is 6.93. The van der Waals surface area contributed by atoms with Gasteiger partial charge in [0, 0.05) is 50.3 Å². The Morgan fingerprint density at radius 3 is 2.77 bits per heavy atom. The van der Waals surface area contributed by atoms with Gasteiger partial charge in [-0.2, -0.15) is 0 Å². The van der Waals surface area contributed by atoms with E-state index in [2.05, 4.69) is 15.2 Å². The molecule has 3 aliphatic heterocycles. The zero-order valence-electron chi connectivity index (χ0n) is 26.1. The smallest absolute Gasteiger partial charge is 0.305 e. The number of ether oxygens (including phenoxy) is 2. The predicted molar refractivity (Wildman–Crippen MR) is 177 cm³/mol. The first-order valence-corrected chi connectivity index (χ1v) is 17.0. The van der Waals surface area contributed by atoms with E-state index in [9.17, 15) is 24.2 Å². The molecule has 4 N–H and O–H groups in total. The average molecular weight is 663 g/mol. The molecule has 1 spiro atoms. The Labute approximate surface area is 275 Å². The number of aliphatic hydroxyl groups excluding tert-OH is 1. The third-order valence-corrected chi connectivity index (χ3v) is 10.5. The third-order valence-electron chi connectivity index (χ3n) is 9.54. The lowest BCUT2D eigenvalue weighted by Crippen LogP contribution is -2.57. The number of hydrogen-bond acceptors (Lipinski definition) is 9. The molecule has 0 unspecified atom stereocenters. The van der Waals surface area contributed by atoms with Gasteiger partial charge in [-0.05, 0) is 78.9 Å². The number of rotatable bonds is 9. The second kappa shape index (κ2) is 13.4. The Hall–Kier alpha value is -3.81. The summed E-state index contributed by atoms with van der Waals surface area (Å²) in [5.41, 5.74) is 4.11. The molecule has 7 rings (SSSR count). The molecule has 12 heteroatoms. The summed E-state index contributed by atoms with van der Waals surface area (Å²) in [4.78, 5) is 31.7. The fourth-order valence-corrected chi connectivity index (χ4v) is 7.95. The minimum Gasteiger partial charge on any atom is -0.506 e. The van der Waals surface area contributed by atoms with Gasteiger partial charge in [0.25, 0.3) is 5.91 Å². The van der Waals surface area contributed by atoms with Crippen LogP contribution in [0.15, 0.2) is 53.3 Å². The summed E-state index contributed by atoms with van der Waals surface area (Å²) in [6.07, 6.45) is 2.14. The van der Waals surface area contributed by atoms with Crippen LogP contribution in [-0.4, -0.2) is 89.0 Å². The highest BCUT2D eigenvalue weighted by atomic mass is 32.1. The zero-order valence-corrected chi connectivity index (χ0v) is 26.9. The van der Waals surface area contributed by atoms with Crippen molar-refractivity contribution in [3.63, 3.8) is 0 Å². The van der Waals surface area contributed by atoms with Gasteiger partial charge in [0.15, 0.2) is 0 Å². The van der Waals surface area contributed by atoms with Crippen LogP contribution in [-0.2, 0) is 24.1 Å². The van der Waals surface area contributed by atoms with Crippen LogP contribution in [0.5, 0.6) is 11.5 Å². The largest absolute Gasteiger partial charge is 0.506 e. The Morgan fingerprint density at radius 1 is 1.09 bits per heavy atom. The summed E-state index contributed by atoms with van der Waals surface area (Å²) in [5, 5.41) is 24.0. The van der Waals surface area contributed by atoms with Crippen LogP contribution in [0.4, 0.5) is 4.39 Å². The van der Waals surface area contributed by atoms with Crippen LogP contribution in [0.2, 0.25) is 0 Å². The van der Waals surface area contributed by atoms with Gasteiger partial charge >= 0.3 is 4.87 Å². The first kappa shape index (κ1) is 31.8. The van der Waals surface area contributed by atoms with Crippen molar-refractivity contribution in [3.05, 3.63) is 91.8 Å². The average Bonchev–Trinajstić information content (AvgIpc) is 3.70. The van der Waals surface area contributed by atoms with Crippen molar-refractivity contribution < 1.29 is 28.9 Å². The fourth-order valence-electron chi connectivity index (χ4n) is 7.04. The van der Waals surface area contributed by atoms with E-state index in [4.69, 9.17) is 9.47 Å². The SMILES string of the molecule is O=C(c1ccc2c(c1)CCO2)N1CCOC2(CCN(Cc3cc(F)cc(CCNC[C@H](O)c4ccc(O)c5[nH]c(=O)sc45)c3)CC2)C1. The fraction of sp³-hybridized carbons (Fsp3) is 0.429. The van der Waals surface area contributed by atoms with Crippen LogP contribution in [0, 0.1) is 5.82 Å². The highest BCUT2D eigenvalue weighted by Gasteiger charge is 2.41. The van der Waals surface area contributed by atoms with Crippen LogP contribution in [0.25, 0.3) is 10.2 Å². The molecule has 2 fully saturated rings. The summed E-state index contributed by atoms with van der Waals surface area (Å²) < 4.78 is 27.1. The first-order chi connectivity index (χ1) is 22.7. The number of benzene rings is 3. The molecule has 4 heterocycles. The number of fused-ring (bicyclic) bond motifs is 2. The normalized spacial score (nSPS) is 18.4. The van der Waals surface area contributed by atoms with Gasteiger partial charge in [-0.25, -0.2) is 4.39 Å². The molecule has 0 saturated carbocycles. The number of aliphatic hydroxyl groups is 1. The molecule has 0 radical (unpaired) electrons. The lowest BCUT2D eigenvalue weighted by atomic mass is 9.88. The van der Waals surface area contributed by atoms with E-state index >= 15 is 0 Å². The van der Waals surface area contributed by atoms with E-state index in [1.807, 2.05) is 29.2 Å². The van der Waals surface area contributed by atoms with Gasteiger partial charge in [0.1, 0.15) is 22.8 Å². The first-order valence-electron chi connectivity index (χ1n) is 16.2. The molecule has 1 atom stereocenters. The number of aromatic amines is 1. The molecule has 1 aromatic heterocycles. The maximum absolute atomic E-state index is 14.7. The van der Waals surface area contributed by atoms with Crippen molar-refractivity contribution in [1.29, 1.82) is 0 Å². The van der Waals surface area contributed by atoms with Gasteiger partial charge in [-0.3, -0.25) is 14.5 Å². The molecule has 3 aliphatic rings. The Kier molecular flexibility index (Phi) is 9.03. The summed E-state index contributed by atoms with van der Waals surface area (Å²) in [6, 6.07) is 14.0. The molecule has 10 nitrogen and oxygen atoms in total. The molecule has 2 saturated heterocycles. The molecule has 0 aliphatic carbocycles. The van der Waals surface area contributed by atoms with Gasteiger partial charge in [0.05, 0.1) is 36.2 Å². The van der Waals surface area contributed by atoms with Crippen molar-refractivity contribution in [2.24, 2.45) is 0 Å². The number of phenols is 1. The van der Waals surface area contributed by atoms with Crippen molar-refractivity contribution in [3.8, 4) is 11.5 Å². The van der Waals surface area contributed by atoms with Gasteiger partial charge in [-0.15, -0.1) is 0 Å². The van der Waals surface area contributed by atoms with E-state index in [0.717, 1.165) is 66.1 Å². The van der Waals surface area contributed by atoms with Crippen molar-refractivity contribution in [1.82, 2.24) is 20.1 Å². The number of aromatic hydroxyl groups is 1. The zero-order chi connectivity index (χ0) is 32.5. The number of likely N-dealkylation sites (tertiary alicyclic amines) is 1. The highest BCUT2D eigenvalue weighted by Crippen LogP contribution is 2.33. The predicted octanol–water partition coefficient (Wildman–Crippen LogP) is 3.74. The number of H-pyrrole nitrogens is 1. The molecular formula is C35H39FN4O6S. The minimum atomic E-state index is -0.873. The number of thiazole rings is 1. The quantitative estimate of drug-likeness (QED) is 0.200. The molecule has 47 heavy (non-hydrogen) atoms. The van der Waals surface area contributed by atoms with Gasteiger partial charge in [-0.1, -0.05) is 23.5 Å². The lowest BCUT2D eigenvalue weighted by molar-refractivity contribution is -0.127. The Balaban J connectivity index is 0.900. The number of carbonyl (C=O) groups excluding carboxylic acids is 1. The molecule has 4 aromatic rings. The molecule has 248 valence electrons. The number of carbonyl (C=O) groups is 1. The number of aromatic nitrogens is 1. The van der Waals surface area contributed by atoms with E-state index in [1.54, 1.807) is 18.2 Å². The standard InChI is InChI=1S/C35H39FN4O6S/c36-26-16-22(5-9-37-19-29(42)27-2-3-28(41)31-32(27)47-34(44)38-31)15-23(17-26)20-39-10-7-35(8-11-39)21-40(12-14-46-35)33(43)25-1-4-30-24(18-25)6-13-45-30/h1-4,15-18,29,37,41-42H,5-14,19-21H2,(H,38,44)/t29-/m0/s1. The number of piperidine rings is 1. The topological polar surface area (TPSA) is 127 Å². The number of nitrogens with zero attached hydrogens (tertiary/aromatic N) is 2. The van der Waals surface area contributed by atoms with Crippen LogP contribution in [0.1, 0.15) is 51.6 Å². The number of amides is 1. The highest BCUT2D eigenvalue weighted by molar-refractivity contribution is 7.16. The van der Waals surface area contributed by atoms with Crippen LogP contribution < -0.4 is 14.9 Å². The number of phenolic OH excluding ortho intramolecular Hbond substituents is 1. The maximum Gasteiger partial charge on any atom is 0.305 e. The summed E-state index contributed by atoms with van der Waals surface area (Å²) in [7, 11) is 0. The molecule has 1 amide bonds. The van der Waals surface area contributed by atoms with Crippen molar-refractivity contribution >= 4 is 27.5 Å². The van der Waals surface area contributed by atoms with E-state index in [1.165, 1.54) is 6.07 Å². The van der Waals surface area contributed by atoms with Gasteiger partial charge < -0.3 is 34.9 Å². The van der Waals surface area contributed by atoms with Crippen molar-refractivity contribution in [2.75, 3.05) is 52.5 Å². The lowest BCUT2D eigenvalue weighted by Gasteiger charge is -2.47. The number of morpholine rings is 1. The minimum absolute atomic E-state index is 0.0312. The van der Waals surface area contributed by atoms with Crippen LogP contribution >= 0.6 is 11.3 Å². The summed E-state index contributed by atoms with van der Waals surface area (Å²) in [6.45, 7) is 5.33. The molecule has 3 aromatic carbocycles. The van der Waals surface area contributed by atoms with E-state index in [-0.39, 0.29) is 34.5 Å². The summed E-state index contributed by atoms with van der Waals surface area (Å²) in [5.74, 6) is 0.605. The Bertz CT molecular complexity index is 1830. The van der Waals surface area contributed by atoms with Gasteiger partial charge in [0.2, 0.25) is 0 Å². The van der Waals surface area contributed by atoms with E-state index in [0.29, 0.717) is 67.2 Å². The second-order valence-corrected chi connectivity index (χ2v) is 13.8. The number of halogens is 1. The monoisotopic (exact) mass is 662 g/mol. The molecule has 0 bridgehead atoms. The number of nitrogens with one attached hydrogen (secondary N) is 2. The van der Waals surface area contributed by atoms with E-state index < -0.39 is 6.10 Å². The maximum atomic E-state index is 14.7. The van der Waals surface area contributed by atoms with Crippen molar-refractivity contribution in [2.45, 2.75) is 43.9 Å². The Morgan fingerprint density at radius 2 is 1.91 bits per heavy atom. The summed E-state index contributed by atoms with van der Waals surface area (Å²) >= 11 is 0.954. The second-order valence-electron chi connectivity index (χ2n) is 12.8. The molecular weight excluding hydrogens is 623 g/mol. The number of hydrogen-bond donors (Lipinski definition) is 4.